The molecule has 3 heteroatoms. The van der Waals surface area contributed by atoms with Crippen molar-refractivity contribution in [2.75, 3.05) is 7.11 Å². The lowest BCUT2D eigenvalue weighted by molar-refractivity contribution is -0.360. The average Bonchev–Trinajstić information content (AvgIpc) is 2.30. The third kappa shape index (κ3) is 2.75. The van der Waals surface area contributed by atoms with Crippen molar-refractivity contribution in [2.24, 2.45) is 5.92 Å². The predicted octanol–water partition coefficient (Wildman–Crippen LogP) is 3.19. The summed E-state index contributed by atoms with van der Waals surface area (Å²) in [6.45, 7) is 7.11. The zero-order chi connectivity index (χ0) is 11.1. The average molecular weight is 212 g/mol. The molecule has 1 saturated carbocycles. The fourth-order valence-electron chi connectivity index (χ4n) is 2.17. The number of hydrogen-bond acceptors (Lipinski definition) is 3. The summed E-state index contributed by atoms with van der Waals surface area (Å²) in [6, 6.07) is 0. The molecule has 0 heterocycles. The number of rotatable bonds is 6. The molecule has 0 radical (unpaired) electrons. The molecular formula is C12H20O3. The lowest BCUT2D eigenvalue weighted by atomic mass is 9.87. The molecule has 0 saturated heterocycles. The summed E-state index contributed by atoms with van der Waals surface area (Å²) >= 11 is 0. The molecule has 1 aliphatic carbocycles. The van der Waals surface area contributed by atoms with Crippen molar-refractivity contribution < 1.29 is 14.2 Å². The van der Waals surface area contributed by atoms with Crippen LogP contribution in [0.5, 0.6) is 0 Å². The van der Waals surface area contributed by atoms with Gasteiger partial charge in [0.05, 0.1) is 18.4 Å². The highest BCUT2D eigenvalue weighted by atomic mass is 16.9. The number of ether oxygens (including phenoxy) is 3. The molecule has 0 aliphatic heterocycles. The summed E-state index contributed by atoms with van der Waals surface area (Å²) in [7, 11) is 1.58. The van der Waals surface area contributed by atoms with E-state index in [1.165, 1.54) is 31.8 Å². The van der Waals surface area contributed by atoms with E-state index in [2.05, 4.69) is 13.2 Å². The molecule has 0 spiro atoms. The van der Waals surface area contributed by atoms with Gasteiger partial charge >= 0.3 is 5.97 Å². The first-order valence-corrected chi connectivity index (χ1v) is 5.41. The van der Waals surface area contributed by atoms with Gasteiger partial charge in [-0.05, 0) is 12.8 Å². The van der Waals surface area contributed by atoms with Crippen molar-refractivity contribution in [2.45, 2.75) is 38.1 Å². The minimum atomic E-state index is -1.02. The van der Waals surface area contributed by atoms with Crippen LogP contribution >= 0.6 is 0 Å². The van der Waals surface area contributed by atoms with E-state index in [-0.39, 0.29) is 5.92 Å². The van der Waals surface area contributed by atoms with E-state index in [4.69, 9.17) is 14.2 Å². The molecule has 0 atom stereocenters. The van der Waals surface area contributed by atoms with Crippen LogP contribution in [-0.4, -0.2) is 13.1 Å². The second-order valence-corrected chi connectivity index (χ2v) is 3.71. The van der Waals surface area contributed by atoms with Gasteiger partial charge < -0.3 is 14.2 Å². The fraction of sp³-hybridized carbons (Fsp3) is 0.667. The van der Waals surface area contributed by atoms with Gasteiger partial charge in [0.15, 0.2) is 0 Å². The zero-order valence-corrected chi connectivity index (χ0v) is 9.41. The Morgan fingerprint density at radius 3 is 2.00 bits per heavy atom. The maximum Gasteiger partial charge on any atom is 0.373 e. The Hall–Kier alpha value is -0.960. The van der Waals surface area contributed by atoms with Crippen molar-refractivity contribution in [1.29, 1.82) is 0 Å². The largest absolute Gasteiger partial charge is 0.438 e. The van der Waals surface area contributed by atoms with Crippen LogP contribution in [0.4, 0.5) is 0 Å². The van der Waals surface area contributed by atoms with Crippen molar-refractivity contribution in [1.82, 2.24) is 0 Å². The van der Waals surface area contributed by atoms with Gasteiger partial charge in [-0.25, -0.2) is 0 Å². The van der Waals surface area contributed by atoms with Crippen LogP contribution in [0.1, 0.15) is 32.1 Å². The highest BCUT2D eigenvalue weighted by Gasteiger charge is 2.43. The summed E-state index contributed by atoms with van der Waals surface area (Å²) in [5.41, 5.74) is 0. The zero-order valence-electron chi connectivity index (χ0n) is 9.41. The number of methoxy groups -OCH3 is 1. The molecule has 0 unspecified atom stereocenters. The lowest BCUT2D eigenvalue weighted by Crippen LogP contribution is -2.44. The molecule has 1 fully saturated rings. The Morgan fingerprint density at radius 1 is 1.07 bits per heavy atom. The van der Waals surface area contributed by atoms with E-state index in [0.29, 0.717) is 0 Å². The van der Waals surface area contributed by atoms with Crippen molar-refractivity contribution in [3.05, 3.63) is 25.7 Å². The molecule has 0 amide bonds. The molecule has 0 aromatic heterocycles. The van der Waals surface area contributed by atoms with Crippen LogP contribution in [0.15, 0.2) is 25.7 Å². The highest BCUT2D eigenvalue weighted by Crippen LogP contribution is 2.36. The summed E-state index contributed by atoms with van der Waals surface area (Å²) in [6.07, 6.45) is 8.49. The smallest absolute Gasteiger partial charge is 0.373 e. The van der Waals surface area contributed by atoms with Crippen LogP contribution in [0.3, 0.4) is 0 Å². The Kier molecular flexibility index (Phi) is 4.69. The Bertz CT molecular complexity index is 197. The van der Waals surface area contributed by atoms with Crippen LogP contribution in [0.2, 0.25) is 0 Å². The highest BCUT2D eigenvalue weighted by molar-refractivity contribution is 4.79. The van der Waals surface area contributed by atoms with Gasteiger partial charge in [0.1, 0.15) is 0 Å². The fourth-order valence-corrected chi connectivity index (χ4v) is 2.17. The first-order chi connectivity index (χ1) is 7.29. The van der Waals surface area contributed by atoms with Crippen LogP contribution in [0.25, 0.3) is 0 Å². The van der Waals surface area contributed by atoms with Gasteiger partial charge in [0, 0.05) is 7.11 Å². The minimum Gasteiger partial charge on any atom is -0.438 e. The topological polar surface area (TPSA) is 27.7 Å². The van der Waals surface area contributed by atoms with Gasteiger partial charge in [-0.15, -0.1) is 0 Å². The third-order valence-electron chi connectivity index (χ3n) is 2.88. The molecule has 15 heavy (non-hydrogen) atoms. The summed E-state index contributed by atoms with van der Waals surface area (Å²) in [5, 5.41) is 0. The molecule has 0 bridgehead atoms. The first kappa shape index (κ1) is 12.1. The summed E-state index contributed by atoms with van der Waals surface area (Å²) in [5.74, 6) is -0.781. The molecule has 3 nitrogen and oxygen atoms in total. The van der Waals surface area contributed by atoms with Crippen molar-refractivity contribution in [3.8, 4) is 0 Å². The Morgan fingerprint density at radius 2 is 1.60 bits per heavy atom. The van der Waals surface area contributed by atoms with Crippen molar-refractivity contribution >= 4 is 0 Å². The molecular weight excluding hydrogens is 192 g/mol. The van der Waals surface area contributed by atoms with E-state index >= 15 is 0 Å². The maximum atomic E-state index is 5.41. The van der Waals surface area contributed by atoms with Gasteiger partial charge in [0.2, 0.25) is 0 Å². The molecule has 0 N–H and O–H groups in total. The van der Waals surface area contributed by atoms with E-state index in [9.17, 15) is 0 Å². The molecule has 1 rings (SSSR count). The third-order valence-corrected chi connectivity index (χ3v) is 2.88. The number of hydrogen-bond donors (Lipinski definition) is 0. The van der Waals surface area contributed by atoms with Crippen molar-refractivity contribution in [3.63, 3.8) is 0 Å². The second-order valence-electron chi connectivity index (χ2n) is 3.71. The lowest BCUT2D eigenvalue weighted by Gasteiger charge is -2.38. The van der Waals surface area contributed by atoms with Gasteiger partial charge in [0.25, 0.3) is 0 Å². The Labute approximate surface area is 91.7 Å². The van der Waals surface area contributed by atoms with E-state index in [0.717, 1.165) is 12.8 Å². The van der Waals surface area contributed by atoms with Crippen LogP contribution < -0.4 is 0 Å². The minimum absolute atomic E-state index is 0.243. The molecule has 0 aromatic rings. The SMILES string of the molecule is C=COC(OC)(OC=C)C1CCCCC1. The standard InChI is InChI=1S/C12H20O3/c1-4-14-12(13-3,15-5-2)11-9-7-6-8-10-11/h4-5,11H,1-2,6-10H2,3H3. The summed E-state index contributed by atoms with van der Waals surface area (Å²) in [4.78, 5) is 0. The van der Waals surface area contributed by atoms with Crippen LogP contribution in [0, 0.1) is 5.92 Å². The Balaban J connectivity index is 2.74. The molecule has 1 aliphatic rings. The predicted molar refractivity (Wildman–Crippen MR) is 58.9 cm³/mol. The van der Waals surface area contributed by atoms with Gasteiger partial charge in [-0.2, -0.15) is 0 Å². The molecule has 0 aromatic carbocycles. The quantitative estimate of drug-likeness (QED) is 0.500. The van der Waals surface area contributed by atoms with Crippen LogP contribution in [-0.2, 0) is 14.2 Å². The molecule has 86 valence electrons. The normalized spacial score (nSPS) is 18.2. The van der Waals surface area contributed by atoms with Gasteiger partial charge in [-0.3, -0.25) is 0 Å². The summed E-state index contributed by atoms with van der Waals surface area (Å²) < 4.78 is 16.2. The second kappa shape index (κ2) is 5.81. The van der Waals surface area contributed by atoms with E-state index < -0.39 is 5.97 Å². The van der Waals surface area contributed by atoms with Gasteiger partial charge in [-0.1, -0.05) is 32.4 Å². The maximum absolute atomic E-state index is 5.41. The first-order valence-electron chi connectivity index (χ1n) is 5.41. The monoisotopic (exact) mass is 212 g/mol. The van der Waals surface area contributed by atoms with E-state index in [1.54, 1.807) is 7.11 Å². The van der Waals surface area contributed by atoms with E-state index in [1.807, 2.05) is 0 Å².